The smallest absolute Gasteiger partial charge is 0.407 e. The van der Waals surface area contributed by atoms with Gasteiger partial charge in [0.1, 0.15) is 11.2 Å². The van der Waals surface area contributed by atoms with Crippen LogP contribution >= 0.6 is 0 Å². The zero-order valence-corrected chi connectivity index (χ0v) is 23.9. The van der Waals surface area contributed by atoms with E-state index in [1.54, 1.807) is 0 Å². The monoisotopic (exact) mass is 485 g/mol. The highest BCUT2D eigenvalue weighted by Crippen LogP contribution is 2.36. The predicted molar refractivity (Wildman–Crippen MR) is 141 cm³/mol. The fraction of sp³-hybridized carbons (Fsp3) is 0.926. The summed E-state index contributed by atoms with van der Waals surface area (Å²) in [6.07, 6.45) is 6.94. The first-order valence-corrected chi connectivity index (χ1v) is 13.1. The quantitative estimate of drug-likeness (QED) is 0.233. The van der Waals surface area contributed by atoms with Crippen molar-refractivity contribution in [3.63, 3.8) is 0 Å². The summed E-state index contributed by atoms with van der Waals surface area (Å²) in [4.78, 5) is 23.3. The van der Waals surface area contributed by atoms with E-state index in [0.29, 0.717) is 18.5 Å². The molecular formula is C27H55N3O4. The third kappa shape index (κ3) is 21.1. The average Bonchev–Trinajstić information content (AvgIpc) is 2.62. The number of unbranched alkanes of at least 4 members (excludes halogenated alkanes) is 1. The third-order valence-corrected chi connectivity index (χ3v) is 5.60. The summed E-state index contributed by atoms with van der Waals surface area (Å²) in [7, 11) is 0. The SMILES string of the molecule is CC(C)(CCCCNC(=O)OC(C)(C)C)CCC(C)(C)CCNCCCNC(=O)OC(C)(C)C. The van der Waals surface area contributed by atoms with Gasteiger partial charge in [-0.1, -0.05) is 34.1 Å². The molecule has 0 aliphatic carbocycles. The number of nitrogens with one attached hydrogen (secondary N) is 3. The summed E-state index contributed by atoms with van der Waals surface area (Å²) in [5.41, 5.74) is -0.323. The Hall–Kier alpha value is -1.50. The van der Waals surface area contributed by atoms with E-state index < -0.39 is 11.2 Å². The summed E-state index contributed by atoms with van der Waals surface area (Å²) >= 11 is 0. The predicted octanol–water partition coefficient (Wildman–Crippen LogP) is 6.41. The Morgan fingerprint density at radius 2 is 0.971 bits per heavy atom. The molecule has 0 saturated carbocycles. The first kappa shape index (κ1) is 32.5. The first-order chi connectivity index (χ1) is 15.4. The van der Waals surface area contributed by atoms with Gasteiger partial charge in [0.05, 0.1) is 0 Å². The number of amides is 2. The van der Waals surface area contributed by atoms with Crippen molar-refractivity contribution in [1.29, 1.82) is 0 Å². The molecule has 0 fully saturated rings. The topological polar surface area (TPSA) is 88.7 Å². The van der Waals surface area contributed by atoms with E-state index >= 15 is 0 Å². The highest BCUT2D eigenvalue weighted by atomic mass is 16.6. The van der Waals surface area contributed by atoms with Crippen LogP contribution in [0.4, 0.5) is 9.59 Å². The lowest BCUT2D eigenvalue weighted by molar-refractivity contribution is 0.0515. The number of alkyl carbamates (subject to hydrolysis) is 2. The maximum Gasteiger partial charge on any atom is 0.407 e. The van der Waals surface area contributed by atoms with Crippen molar-refractivity contribution in [2.24, 2.45) is 10.8 Å². The zero-order chi connectivity index (χ0) is 26.5. The molecule has 0 aliphatic rings. The van der Waals surface area contributed by atoms with Crippen LogP contribution in [0, 0.1) is 10.8 Å². The lowest BCUT2D eigenvalue weighted by atomic mass is 9.75. The number of hydrogen-bond donors (Lipinski definition) is 3. The molecule has 0 atom stereocenters. The van der Waals surface area contributed by atoms with E-state index in [0.717, 1.165) is 45.2 Å². The molecule has 202 valence electrons. The molecule has 0 rings (SSSR count). The van der Waals surface area contributed by atoms with Crippen LogP contribution in [0.5, 0.6) is 0 Å². The molecule has 0 saturated heterocycles. The van der Waals surface area contributed by atoms with Crippen LogP contribution in [-0.4, -0.2) is 49.6 Å². The van der Waals surface area contributed by atoms with Gasteiger partial charge in [0.15, 0.2) is 0 Å². The molecule has 0 unspecified atom stereocenters. The van der Waals surface area contributed by atoms with Crippen molar-refractivity contribution in [2.75, 3.05) is 26.2 Å². The fourth-order valence-corrected chi connectivity index (χ4v) is 3.43. The van der Waals surface area contributed by atoms with E-state index in [4.69, 9.17) is 9.47 Å². The van der Waals surface area contributed by atoms with Gasteiger partial charge in [-0.05, 0) is 104 Å². The molecular weight excluding hydrogens is 430 g/mol. The highest BCUT2D eigenvalue weighted by molar-refractivity contribution is 5.67. The molecule has 0 heterocycles. The van der Waals surface area contributed by atoms with Gasteiger partial charge in [0, 0.05) is 13.1 Å². The molecule has 0 bridgehead atoms. The second kappa shape index (κ2) is 14.8. The van der Waals surface area contributed by atoms with Crippen LogP contribution in [0.1, 0.15) is 114 Å². The van der Waals surface area contributed by atoms with Gasteiger partial charge < -0.3 is 25.4 Å². The van der Waals surface area contributed by atoms with Crippen LogP contribution in [0.25, 0.3) is 0 Å². The minimum atomic E-state index is -0.457. The summed E-state index contributed by atoms with van der Waals surface area (Å²) in [6, 6.07) is 0. The lowest BCUT2D eigenvalue weighted by Gasteiger charge is -2.31. The normalized spacial score (nSPS) is 12.9. The number of carbonyl (C=O) groups excluding carboxylic acids is 2. The number of ether oxygens (including phenoxy) is 2. The Morgan fingerprint density at radius 3 is 1.44 bits per heavy atom. The molecule has 2 amide bonds. The van der Waals surface area contributed by atoms with Crippen LogP contribution in [-0.2, 0) is 9.47 Å². The van der Waals surface area contributed by atoms with E-state index in [2.05, 4.69) is 43.6 Å². The van der Waals surface area contributed by atoms with Crippen molar-refractivity contribution >= 4 is 12.2 Å². The first-order valence-electron chi connectivity index (χ1n) is 13.1. The molecule has 3 N–H and O–H groups in total. The molecule has 0 aromatic carbocycles. The van der Waals surface area contributed by atoms with Gasteiger partial charge in [0.25, 0.3) is 0 Å². The fourth-order valence-electron chi connectivity index (χ4n) is 3.43. The van der Waals surface area contributed by atoms with Gasteiger partial charge in [-0.3, -0.25) is 0 Å². The summed E-state index contributed by atoms with van der Waals surface area (Å²) in [6.45, 7) is 23.8. The van der Waals surface area contributed by atoms with Gasteiger partial charge in [-0.25, -0.2) is 9.59 Å². The van der Waals surface area contributed by atoms with E-state index in [1.807, 2.05) is 41.5 Å². The van der Waals surface area contributed by atoms with Gasteiger partial charge in [-0.2, -0.15) is 0 Å². The van der Waals surface area contributed by atoms with E-state index in [-0.39, 0.29) is 17.6 Å². The van der Waals surface area contributed by atoms with Crippen molar-refractivity contribution < 1.29 is 19.1 Å². The number of rotatable bonds is 15. The number of hydrogen-bond acceptors (Lipinski definition) is 5. The minimum absolute atomic E-state index is 0.289. The van der Waals surface area contributed by atoms with Gasteiger partial charge in [-0.15, -0.1) is 0 Å². The molecule has 34 heavy (non-hydrogen) atoms. The maximum absolute atomic E-state index is 11.7. The molecule has 0 aromatic heterocycles. The molecule has 7 heteroatoms. The zero-order valence-electron chi connectivity index (χ0n) is 23.9. The van der Waals surface area contributed by atoms with Crippen molar-refractivity contribution in [3.05, 3.63) is 0 Å². The van der Waals surface area contributed by atoms with Crippen molar-refractivity contribution in [1.82, 2.24) is 16.0 Å². The van der Waals surface area contributed by atoms with Crippen LogP contribution in [0.3, 0.4) is 0 Å². The minimum Gasteiger partial charge on any atom is -0.444 e. The summed E-state index contributed by atoms with van der Waals surface area (Å²) in [5.74, 6) is 0. The Balaban J connectivity index is 3.90. The average molecular weight is 486 g/mol. The van der Waals surface area contributed by atoms with Crippen LogP contribution < -0.4 is 16.0 Å². The summed E-state index contributed by atoms with van der Waals surface area (Å²) < 4.78 is 10.5. The molecule has 0 spiro atoms. The van der Waals surface area contributed by atoms with Gasteiger partial charge in [0.2, 0.25) is 0 Å². The standard InChI is InChI=1S/C27H55N3O4/c1-24(2,3)33-22(31)29-19-12-11-14-26(7,8)15-16-27(9,10)17-21-28-18-13-20-30-23(32)34-25(4,5)6/h28H,11-21H2,1-10H3,(H,29,31)(H,30,32). The third-order valence-electron chi connectivity index (χ3n) is 5.60. The lowest BCUT2D eigenvalue weighted by Crippen LogP contribution is -2.34. The molecule has 7 nitrogen and oxygen atoms in total. The molecule has 0 aliphatic heterocycles. The number of carbonyl (C=O) groups is 2. The van der Waals surface area contributed by atoms with Crippen LogP contribution in [0.15, 0.2) is 0 Å². The van der Waals surface area contributed by atoms with Gasteiger partial charge >= 0.3 is 12.2 Å². The van der Waals surface area contributed by atoms with Crippen molar-refractivity contribution in [2.45, 2.75) is 125 Å². The Bertz CT molecular complexity index is 590. The van der Waals surface area contributed by atoms with E-state index in [9.17, 15) is 9.59 Å². The highest BCUT2D eigenvalue weighted by Gasteiger charge is 2.24. The van der Waals surface area contributed by atoms with Crippen LogP contribution in [0.2, 0.25) is 0 Å². The largest absolute Gasteiger partial charge is 0.444 e. The Morgan fingerprint density at radius 1 is 0.529 bits per heavy atom. The summed E-state index contributed by atoms with van der Waals surface area (Å²) in [5, 5.41) is 9.13. The second-order valence-corrected chi connectivity index (χ2v) is 13.0. The van der Waals surface area contributed by atoms with E-state index in [1.165, 1.54) is 12.8 Å². The Labute approximate surface area is 209 Å². The second-order valence-electron chi connectivity index (χ2n) is 13.0. The van der Waals surface area contributed by atoms with Crippen molar-refractivity contribution in [3.8, 4) is 0 Å². The Kier molecular flexibility index (Phi) is 14.1. The molecule has 0 radical (unpaired) electrons. The maximum atomic E-state index is 11.7. The molecule has 0 aromatic rings.